The molecule has 0 spiro atoms. The van der Waals surface area contributed by atoms with Crippen LogP contribution >= 0.6 is 0 Å². The lowest BCUT2D eigenvalue weighted by Gasteiger charge is -2.05. The van der Waals surface area contributed by atoms with Gasteiger partial charge in [-0.2, -0.15) is 5.10 Å². The van der Waals surface area contributed by atoms with E-state index in [1.54, 1.807) is 0 Å². The minimum absolute atomic E-state index is 0.00843. The van der Waals surface area contributed by atoms with Crippen molar-refractivity contribution < 1.29 is 19.2 Å². The highest BCUT2D eigenvalue weighted by Gasteiger charge is 2.22. The molecule has 134 valence electrons. The van der Waals surface area contributed by atoms with E-state index in [1.807, 2.05) is 31.2 Å². The number of fused-ring (bicyclic) bond motifs is 1. The van der Waals surface area contributed by atoms with E-state index in [4.69, 9.17) is 9.47 Å². The lowest BCUT2D eigenvalue weighted by Crippen LogP contribution is -2.25. The van der Waals surface area contributed by atoms with Gasteiger partial charge in [-0.15, -0.1) is 0 Å². The number of rotatable bonds is 6. The Labute approximate surface area is 148 Å². The fourth-order valence-corrected chi connectivity index (χ4v) is 2.28. The number of amides is 1. The maximum absolute atomic E-state index is 11.8. The van der Waals surface area contributed by atoms with Gasteiger partial charge in [0.25, 0.3) is 11.6 Å². The van der Waals surface area contributed by atoms with E-state index in [0.29, 0.717) is 11.5 Å². The SMILES string of the molecule is Cc1ccc(NCC(=O)N/N=C\c2cc3c(cc2[N+](=O)[O-])OCO3)cc1. The second-order valence-electron chi connectivity index (χ2n) is 5.53. The number of nitrogens with one attached hydrogen (secondary N) is 2. The number of hydrazone groups is 1. The minimum atomic E-state index is -0.552. The molecule has 2 N–H and O–H groups in total. The van der Waals surface area contributed by atoms with Crippen LogP contribution in [-0.2, 0) is 4.79 Å². The first kappa shape index (κ1) is 17.2. The van der Waals surface area contributed by atoms with Crippen LogP contribution in [0.5, 0.6) is 11.5 Å². The van der Waals surface area contributed by atoms with Crippen molar-refractivity contribution in [2.75, 3.05) is 18.7 Å². The Morgan fingerprint density at radius 2 is 1.96 bits per heavy atom. The summed E-state index contributed by atoms with van der Waals surface area (Å²) in [4.78, 5) is 22.4. The molecule has 9 nitrogen and oxygen atoms in total. The highest BCUT2D eigenvalue weighted by atomic mass is 16.7. The lowest BCUT2D eigenvalue weighted by atomic mass is 10.1. The molecule has 2 aromatic carbocycles. The number of carbonyl (C=O) groups is 1. The van der Waals surface area contributed by atoms with Gasteiger partial charge in [-0.1, -0.05) is 17.7 Å². The van der Waals surface area contributed by atoms with Crippen molar-refractivity contribution in [1.82, 2.24) is 5.43 Å². The number of nitro benzene ring substituents is 1. The van der Waals surface area contributed by atoms with Gasteiger partial charge < -0.3 is 14.8 Å². The topological polar surface area (TPSA) is 115 Å². The second-order valence-corrected chi connectivity index (χ2v) is 5.53. The van der Waals surface area contributed by atoms with E-state index in [0.717, 1.165) is 11.3 Å². The number of hydrogen-bond acceptors (Lipinski definition) is 7. The summed E-state index contributed by atoms with van der Waals surface area (Å²) in [6, 6.07) is 10.3. The molecule has 0 aromatic heterocycles. The maximum atomic E-state index is 11.8. The zero-order valence-corrected chi connectivity index (χ0v) is 13.9. The number of hydrogen-bond donors (Lipinski definition) is 2. The van der Waals surface area contributed by atoms with Crippen LogP contribution in [0.3, 0.4) is 0 Å². The molecule has 0 atom stereocenters. The van der Waals surface area contributed by atoms with E-state index < -0.39 is 4.92 Å². The molecule has 1 heterocycles. The number of ether oxygens (including phenoxy) is 2. The molecule has 3 rings (SSSR count). The molecule has 0 saturated carbocycles. The van der Waals surface area contributed by atoms with Crippen LogP contribution in [0.25, 0.3) is 0 Å². The Balaban J connectivity index is 1.60. The number of aryl methyl sites for hydroxylation is 1. The Morgan fingerprint density at radius 1 is 1.27 bits per heavy atom. The van der Waals surface area contributed by atoms with Gasteiger partial charge in [0, 0.05) is 5.69 Å². The van der Waals surface area contributed by atoms with E-state index in [-0.39, 0.29) is 30.5 Å². The van der Waals surface area contributed by atoms with Gasteiger partial charge in [-0.3, -0.25) is 14.9 Å². The Morgan fingerprint density at radius 3 is 2.65 bits per heavy atom. The first-order chi connectivity index (χ1) is 12.5. The average Bonchev–Trinajstić information content (AvgIpc) is 3.08. The fourth-order valence-electron chi connectivity index (χ4n) is 2.28. The first-order valence-corrected chi connectivity index (χ1v) is 7.73. The predicted octanol–water partition coefficient (Wildman–Crippen LogP) is 2.19. The second kappa shape index (κ2) is 7.51. The number of nitrogens with zero attached hydrogens (tertiary/aromatic N) is 2. The summed E-state index contributed by atoms with van der Waals surface area (Å²) in [5, 5.41) is 17.9. The summed E-state index contributed by atoms with van der Waals surface area (Å²) in [7, 11) is 0. The molecule has 0 fully saturated rings. The molecule has 1 aliphatic heterocycles. The molecule has 2 aromatic rings. The highest BCUT2D eigenvalue weighted by molar-refractivity contribution is 5.88. The van der Waals surface area contributed by atoms with Crippen LogP contribution in [0.15, 0.2) is 41.5 Å². The summed E-state index contributed by atoms with van der Waals surface area (Å²) in [5.74, 6) is 0.315. The van der Waals surface area contributed by atoms with Gasteiger partial charge in [-0.05, 0) is 25.1 Å². The van der Waals surface area contributed by atoms with Crippen LogP contribution in [0, 0.1) is 17.0 Å². The normalized spacial score (nSPS) is 12.2. The minimum Gasteiger partial charge on any atom is -0.454 e. The van der Waals surface area contributed by atoms with Gasteiger partial charge in [0.05, 0.1) is 29.3 Å². The van der Waals surface area contributed by atoms with Gasteiger partial charge >= 0.3 is 0 Å². The standard InChI is InChI=1S/C17H16N4O5/c1-11-2-4-13(5-3-11)18-9-17(22)20-19-8-12-6-15-16(26-10-25-15)7-14(12)21(23)24/h2-8,18H,9-10H2,1H3,(H,20,22)/b19-8-. The van der Waals surface area contributed by atoms with Crippen LogP contribution in [0.4, 0.5) is 11.4 Å². The third-order valence-electron chi connectivity index (χ3n) is 3.62. The van der Waals surface area contributed by atoms with Crippen molar-refractivity contribution in [3.63, 3.8) is 0 Å². The number of carbonyl (C=O) groups excluding carboxylic acids is 1. The summed E-state index contributed by atoms with van der Waals surface area (Å²) in [5.41, 5.74) is 4.26. The zero-order valence-electron chi connectivity index (χ0n) is 13.9. The maximum Gasteiger partial charge on any atom is 0.282 e. The molecule has 0 bridgehead atoms. The molecular formula is C17H16N4O5. The Bertz CT molecular complexity index is 864. The van der Waals surface area contributed by atoms with Crippen molar-refractivity contribution in [3.8, 4) is 11.5 Å². The third-order valence-corrected chi connectivity index (χ3v) is 3.62. The zero-order chi connectivity index (χ0) is 18.5. The van der Waals surface area contributed by atoms with Crippen molar-refractivity contribution in [3.05, 3.63) is 57.6 Å². The fraction of sp³-hybridized carbons (Fsp3) is 0.176. The van der Waals surface area contributed by atoms with Crippen molar-refractivity contribution >= 4 is 23.5 Å². The molecular weight excluding hydrogens is 340 g/mol. The van der Waals surface area contributed by atoms with Crippen LogP contribution < -0.4 is 20.2 Å². The first-order valence-electron chi connectivity index (χ1n) is 7.73. The predicted molar refractivity (Wildman–Crippen MR) is 94.6 cm³/mol. The summed E-state index contributed by atoms with van der Waals surface area (Å²) >= 11 is 0. The number of anilines is 1. The van der Waals surface area contributed by atoms with Gasteiger partial charge in [0.1, 0.15) is 0 Å². The summed E-state index contributed by atoms with van der Waals surface area (Å²) in [6.45, 7) is 2.00. The van der Waals surface area contributed by atoms with Crippen molar-refractivity contribution in [2.45, 2.75) is 6.92 Å². The average molecular weight is 356 g/mol. The van der Waals surface area contributed by atoms with Gasteiger partial charge in [0.15, 0.2) is 11.5 Å². The van der Waals surface area contributed by atoms with E-state index in [2.05, 4.69) is 15.8 Å². The molecule has 0 unspecified atom stereocenters. The summed E-state index contributed by atoms with van der Waals surface area (Å²) in [6.07, 6.45) is 1.20. The quantitative estimate of drug-likeness (QED) is 0.466. The Kier molecular flexibility index (Phi) is 4.97. The monoisotopic (exact) mass is 356 g/mol. The molecule has 26 heavy (non-hydrogen) atoms. The number of benzene rings is 2. The molecule has 0 aliphatic carbocycles. The van der Waals surface area contributed by atoms with Crippen LogP contribution in [0.2, 0.25) is 0 Å². The smallest absolute Gasteiger partial charge is 0.282 e. The molecule has 1 aliphatic rings. The van der Waals surface area contributed by atoms with Crippen LogP contribution in [0.1, 0.15) is 11.1 Å². The van der Waals surface area contributed by atoms with Crippen molar-refractivity contribution in [1.29, 1.82) is 0 Å². The van der Waals surface area contributed by atoms with E-state index >= 15 is 0 Å². The molecule has 9 heteroatoms. The van der Waals surface area contributed by atoms with Crippen molar-refractivity contribution in [2.24, 2.45) is 5.10 Å². The van der Waals surface area contributed by atoms with E-state index in [1.165, 1.54) is 18.3 Å². The van der Waals surface area contributed by atoms with Gasteiger partial charge in [-0.25, -0.2) is 5.43 Å². The molecule has 1 amide bonds. The van der Waals surface area contributed by atoms with Crippen LogP contribution in [-0.4, -0.2) is 30.4 Å². The van der Waals surface area contributed by atoms with Gasteiger partial charge in [0.2, 0.25) is 6.79 Å². The molecule has 0 radical (unpaired) electrons. The largest absolute Gasteiger partial charge is 0.454 e. The lowest BCUT2D eigenvalue weighted by molar-refractivity contribution is -0.385. The molecule has 0 saturated heterocycles. The van der Waals surface area contributed by atoms with E-state index in [9.17, 15) is 14.9 Å². The Hall–Kier alpha value is -3.62. The highest BCUT2D eigenvalue weighted by Crippen LogP contribution is 2.37. The third kappa shape index (κ3) is 4.07. The number of nitro groups is 1. The summed E-state index contributed by atoms with van der Waals surface area (Å²) < 4.78 is 10.3.